The number of ether oxygens (including phenoxy) is 1. The number of carbonyl (C=O) groups excluding carboxylic acids is 1. The summed E-state index contributed by atoms with van der Waals surface area (Å²) in [5, 5.41) is 9.74. The summed E-state index contributed by atoms with van der Waals surface area (Å²) < 4.78 is 8.23. The molecule has 1 aliphatic heterocycles. The third-order valence-corrected chi connectivity index (χ3v) is 7.97. The Kier molecular flexibility index (Phi) is 6.80. The van der Waals surface area contributed by atoms with Gasteiger partial charge in [-0.25, -0.2) is 4.79 Å². The predicted octanol–water partition coefficient (Wildman–Crippen LogP) is 4.91. The van der Waals surface area contributed by atoms with Gasteiger partial charge in [0.15, 0.2) is 0 Å². The van der Waals surface area contributed by atoms with Gasteiger partial charge < -0.3 is 24.2 Å². The quantitative estimate of drug-likeness (QED) is 0.388. The summed E-state index contributed by atoms with van der Waals surface area (Å²) in [6, 6.07) is 19.4. The molecule has 186 valence electrons. The lowest BCUT2D eigenvalue weighted by Crippen LogP contribution is -2.49. The zero-order valence-corrected chi connectivity index (χ0v) is 21.3. The lowest BCUT2D eigenvalue weighted by molar-refractivity contribution is -0.133. The van der Waals surface area contributed by atoms with Crippen LogP contribution in [0, 0.1) is 0 Å². The number of aromatic carboxylic acids is 1. The SMILES string of the molecule is CCN1CCN(C(=O)Cn2c(-c3ccc(OC)cc3)c(-c3ccccc3)c3sc(C(=O)O)cc32)CC1. The minimum absolute atomic E-state index is 0.0418. The highest BCUT2D eigenvalue weighted by Gasteiger charge is 2.27. The molecule has 0 bridgehead atoms. The van der Waals surface area contributed by atoms with Crippen LogP contribution in [0.3, 0.4) is 0 Å². The van der Waals surface area contributed by atoms with Crippen molar-refractivity contribution in [2.24, 2.45) is 0 Å². The molecule has 1 aliphatic rings. The summed E-state index contributed by atoms with van der Waals surface area (Å²) in [5.74, 6) is -0.173. The molecule has 1 N–H and O–H groups in total. The lowest BCUT2D eigenvalue weighted by Gasteiger charge is -2.34. The van der Waals surface area contributed by atoms with E-state index in [1.807, 2.05) is 64.1 Å². The first-order valence-corrected chi connectivity index (χ1v) is 12.9. The van der Waals surface area contributed by atoms with Gasteiger partial charge in [0.05, 0.1) is 23.0 Å². The molecule has 7 nitrogen and oxygen atoms in total. The molecule has 0 aliphatic carbocycles. The first-order chi connectivity index (χ1) is 17.5. The number of nitrogens with zero attached hydrogens (tertiary/aromatic N) is 3. The van der Waals surface area contributed by atoms with Crippen molar-refractivity contribution in [3.05, 3.63) is 65.5 Å². The molecule has 2 aromatic heterocycles. The standard InChI is InChI=1S/C28H29N3O4S/c1-3-29-13-15-30(16-14-29)24(32)18-31-22-17-23(28(33)34)36-27(22)25(19-7-5-4-6-8-19)26(31)20-9-11-21(35-2)12-10-20/h4-12,17H,3,13-16,18H2,1-2H3,(H,33,34). The highest BCUT2D eigenvalue weighted by Crippen LogP contribution is 2.45. The van der Waals surface area contributed by atoms with Crippen LogP contribution in [-0.2, 0) is 11.3 Å². The number of hydrogen-bond donors (Lipinski definition) is 1. The molecule has 36 heavy (non-hydrogen) atoms. The van der Waals surface area contributed by atoms with E-state index in [1.54, 1.807) is 13.2 Å². The summed E-state index contributed by atoms with van der Waals surface area (Å²) in [6.07, 6.45) is 0. The molecule has 0 unspecified atom stereocenters. The van der Waals surface area contributed by atoms with Crippen molar-refractivity contribution in [2.75, 3.05) is 39.8 Å². The highest BCUT2D eigenvalue weighted by molar-refractivity contribution is 7.21. The van der Waals surface area contributed by atoms with E-state index in [1.165, 1.54) is 11.3 Å². The maximum Gasteiger partial charge on any atom is 0.345 e. The molecule has 0 spiro atoms. The molecule has 0 saturated carbocycles. The van der Waals surface area contributed by atoms with Crippen molar-refractivity contribution in [1.82, 2.24) is 14.4 Å². The van der Waals surface area contributed by atoms with E-state index >= 15 is 0 Å². The molecular formula is C28H29N3O4S. The summed E-state index contributed by atoms with van der Waals surface area (Å²) in [5.41, 5.74) is 4.54. The van der Waals surface area contributed by atoms with Crippen LogP contribution in [0.2, 0.25) is 0 Å². The number of aromatic nitrogens is 1. The van der Waals surface area contributed by atoms with Gasteiger partial charge in [-0.05, 0) is 48.0 Å². The van der Waals surface area contributed by atoms with Gasteiger partial charge in [-0.1, -0.05) is 37.3 Å². The van der Waals surface area contributed by atoms with Crippen LogP contribution in [0.4, 0.5) is 0 Å². The monoisotopic (exact) mass is 503 g/mol. The molecule has 5 rings (SSSR count). The van der Waals surface area contributed by atoms with Crippen molar-refractivity contribution >= 4 is 33.4 Å². The van der Waals surface area contributed by atoms with Crippen LogP contribution < -0.4 is 4.74 Å². The van der Waals surface area contributed by atoms with Crippen molar-refractivity contribution in [1.29, 1.82) is 0 Å². The Labute approximate surface area is 214 Å². The van der Waals surface area contributed by atoms with Crippen LogP contribution in [0.15, 0.2) is 60.7 Å². The third kappa shape index (κ3) is 4.50. The van der Waals surface area contributed by atoms with Crippen LogP contribution >= 0.6 is 11.3 Å². The van der Waals surface area contributed by atoms with Crippen LogP contribution in [0.1, 0.15) is 16.6 Å². The topological polar surface area (TPSA) is 75.0 Å². The van der Waals surface area contributed by atoms with E-state index in [0.29, 0.717) is 13.1 Å². The second-order valence-corrected chi connectivity index (χ2v) is 9.90. The van der Waals surface area contributed by atoms with E-state index in [0.717, 1.165) is 58.0 Å². The number of amides is 1. The van der Waals surface area contributed by atoms with Crippen molar-refractivity contribution in [3.63, 3.8) is 0 Å². The number of fused-ring (bicyclic) bond motifs is 1. The molecule has 0 atom stereocenters. The van der Waals surface area contributed by atoms with Gasteiger partial charge in [0.2, 0.25) is 5.91 Å². The van der Waals surface area contributed by atoms with Gasteiger partial charge in [-0.2, -0.15) is 0 Å². The summed E-state index contributed by atoms with van der Waals surface area (Å²) in [4.78, 5) is 29.9. The molecular weight excluding hydrogens is 474 g/mol. The van der Waals surface area contributed by atoms with E-state index < -0.39 is 5.97 Å². The Morgan fingerprint density at radius 3 is 2.28 bits per heavy atom. The van der Waals surface area contributed by atoms with Gasteiger partial charge in [0, 0.05) is 31.7 Å². The fraction of sp³-hybridized carbons (Fsp3) is 0.286. The van der Waals surface area contributed by atoms with E-state index in [-0.39, 0.29) is 17.3 Å². The first-order valence-electron chi connectivity index (χ1n) is 12.1. The van der Waals surface area contributed by atoms with Gasteiger partial charge >= 0.3 is 5.97 Å². The number of thiophene rings is 1. The normalized spacial score (nSPS) is 14.3. The first kappa shape index (κ1) is 24.1. The maximum atomic E-state index is 13.5. The van der Waals surface area contributed by atoms with Crippen LogP contribution in [0.25, 0.3) is 32.6 Å². The average molecular weight is 504 g/mol. The molecule has 0 radical (unpaired) electrons. The Balaban J connectivity index is 1.67. The number of carbonyl (C=O) groups is 2. The van der Waals surface area contributed by atoms with E-state index in [2.05, 4.69) is 11.8 Å². The maximum absolute atomic E-state index is 13.5. The number of rotatable bonds is 7. The third-order valence-electron chi connectivity index (χ3n) is 6.84. The zero-order chi connectivity index (χ0) is 25.2. The molecule has 1 fully saturated rings. The Hall–Kier alpha value is -3.62. The zero-order valence-electron chi connectivity index (χ0n) is 20.4. The van der Waals surface area contributed by atoms with Gasteiger partial charge in [-0.15, -0.1) is 11.3 Å². The van der Waals surface area contributed by atoms with Gasteiger partial charge in [0.25, 0.3) is 0 Å². The molecule has 4 aromatic rings. The predicted molar refractivity (Wildman–Crippen MR) is 143 cm³/mol. The van der Waals surface area contributed by atoms with Gasteiger partial charge in [0.1, 0.15) is 17.2 Å². The van der Waals surface area contributed by atoms with Crippen LogP contribution in [0.5, 0.6) is 5.75 Å². The van der Waals surface area contributed by atoms with E-state index in [9.17, 15) is 14.7 Å². The summed E-state index contributed by atoms with van der Waals surface area (Å²) in [6.45, 7) is 6.39. The van der Waals surface area contributed by atoms with Crippen molar-refractivity contribution < 1.29 is 19.4 Å². The number of piperazine rings is 1. The molecule has 8 heteroatoms. The number of likely N-dealkylation sites (N-methyl/N-ethyl adjacent to an activating group) is 1. The second-order valence-electron chi connectivity index (χ2n) is 8.85. The van der Waals surface area contributed by atoms with E-state index in [4.69, 9.17) is 4.74 Å². The lowest BCUT2D eigenvalue weighted by atomic mass is 10.0. The number of benzene rings is 2. The molecule has 1 amide bonds. The largest absolute Gasteiger partial charge is 0.497 e. The number of carboxylic acid groups (broad SMARTS) is 1. The molecule has 3 heterocycles. The Morgan fingerprint density at radius 2 is 1.67 bits per heavy atom. The Morgan fingerprint density at radius 1 is 0.972 bits per heavy atom. The summed E-state index contributed by atoms with van der Waals surface area (Å²) in [7, 11) is 1.63. The summed E-state index contributed by atoms with van der Waals surface area (Å²) >= 11 is 1.25. The second kappa shape index (κ2) is 10.2. The molecule has 2 aromatic carbocycles. The Bertz CT molecular complexity index is 1380. The highest BCUT2D eigenvalue weighted by atomic mass is 32.1. The van der Waals surface area contributed by atoms with Crippen LogP contribution in [-0.4, -0.2) is 71.2 Å². The van der Waals surface area contributed by atoms with Crippen molar-refractivity contribution in [3.8, 4) is 28.1 Å². The molecule has 1 saturated heterocycles. The minimum atomic E-state index is -0.963. The van der Waals surface area contributed by atoms with Crippen molar-refractivity contribution in [2.45, 2.75) is 13.5 Å². The number of hydrogen-bond acceptors (Lipinski definition) is 5. The number of methoxy groups -OCH3 is 1. The smallest absolute Gasteiger partial charge is 0.345 e. The minimum Gasteiger partial charge on any atom is -0.497 e. The fourth-order valence-corrected chi connectivity index (χ4v) is 5.93. The average Bonchev–Trinajstić information content (AvgIpc) is 3.47. The fourth-order valence-electron chi connectivity index (χ4n) is 4.86. The van der Waals surface area contributed by atoms with Gasteiger partial charge in [-0.3, -0.25) is 4.79 Å². The number of carboxylic acids is 1.